The lowest BCUT2D eigenvalue weighted by molar-refractivity contribution is 0.632. The van der Waals surface area contributed by atoms with E-state index >= 15 is 0 Å². The van der Waals surface area contributed by atoms with E-state index < -0.39 is 0 Å². The first-order valence-electron chi connectivity index (χ1n) is 3.69. The summed E-state index contributed by atoms with van der Waals surface area (Å²) in [4.78, 5) is 0. The van der Waals surface area contributed by atoms with Crippen molar-refractivity contribution in [2.24, 2.45) is 5.73 Å². The van der Waals surface area contributed by atoms with Crippen LogP contribution in [-0.2, 0) is 0 Å². The Morgan fingerprint density at radius 2 is 1.75 bits per heavy atom. The molecule has 0 radical (unpaired) electrons. The highest BCUT2D eigenvalue weighted by molar-refractivity contribution is 5.85. The summed E-state index contributed by atoms with van der Waals surface area (Å²) < 4.78 is 0. The Labute approximate surface area is 86.5 Å². The average Bonchev–Trinajstić information content (AvgIpc) is 1.97. The number of rotatable bonds is 6. The highest BCUT2D eigenvalue weighted by Crippen LogP contribution is 1.82. The first kappa shape index (κ1) is 17.9. The fourth-order valence-corrected chi connectivity index (χ4v) is 0.645. The zero-order valence-electron chi connectivity index (χ0n) is 7.08. The lowest BCUT2D eigenvalue weighted by Gasteiger charge is -1.99. The number of hydrogen-bond donors (Lipinski definition) is 2. The SMILES string of the molecule is Cl.Cl.N#CCCCNCCCN. The van der Waals surface area contributed by atoms with Crippen molar-refractivity contribution in [2.75, 3.05) is 19.6 Å². The third kappa shape index (κ3) is 16.5. The number of nitrogens with zero attached hydrogens (tertiary/aromatic N) is 1. The maximum absolute atomic E-state index is 8.17. The van der Waals surface area contributed by atoms with E-state index in [2.05, 4.69) is 11.4 Å². The second-order valence-corrected chi connectivity index (χ2v) is 2.15. The fraction of sp³-hybridized carbons (Fsp3) is 0.857. The number of nitriles is 1. The molecule has 0 amide bonds. The highest BCUT2D eigenvalue weighted by atomic mass is 35.5. The Bertz CT molecular complexity index is 103. The van der Waals surface area contributed by atoms with Crippen molar-refractivity contribution in [3.05, 3.63) is 0 Å². The van der Waals surface area contributed by atoms with Gasteiger partial charge in [-0.25, -0.2) is 0 Å². The minimum absolute atomic E-state index is 0. The summed E-state index contributed by atoms with van der Waals surface area (Å²) in [5, 5.41) is 11.4. The van der Waals surface area contributed by atoms with Crippen molar-refractivity contribution in [1.29, 1.82) is 5.26 Å². The Balaban J connectivity index is -0.000000405. The minimum atomic E-state index is 0. The van der Waals surface area contributed by atoms with Gasteiger partial charge in [0.05, 0.1) is 6.07 Å². The lowest BCUT2D eigenvalue weighted by Crippen LogP contribution is -2.19. The molecule has 0 bridgehead atoms. The molecule has 0 saturated heterocycles. The lowest BCUT2D eigenvalue weighted by atomic mass is 10.3. The first-order chi connectivity index (χ1) is 4.91. The normalized spacial score (nSPS) is 7.67. The Kier molecular flexibility index (Phi) is 25.7. The standard InChI is InChI=1S/C7H15N3.2ClH/c8-4-1-2-6-10-7-3-5-9;;/h10H,1-3,5-7,9H2;2*1H. The predicted octanol–water partition coefficient (Wildman–Crippen LogP) is 1.07. The van der Waals surface area contributed by atoms with Gasteiger partial charge in [0.25, 0.3) is 0 Å². The molecule has 0 aromatic rings. The molecule has 0 aliphatic carbocycles. The van der Waals surface area contributed by atoms with Gasteiger partial charge in [0, 0.05) is 6.42 Å². The Hall–Kier alpha value is -0.0100. The number of halogens is 2. The molecule has 0 rings (SSSR count). The van der Waals surface area contributed by atoms with Crippen molar-refractivity contribution < 1.29 is 0 Å². The monoisotopic (exact) mass is 213 g/mol. The van der Waals surface area contributed by atoms with Crippen LogP contribution in [0.2, 0.25) is 0 Å². The van der Waals surface area contributed by atoms with Crippen LogP contribution >= 0.6 is 24.8 Å². The summed E-state index contributed by atoms with van der Waals surface area (Å²) in [6, 6.07) is 2.09. The van der Waals surface area contributed by atoms with Crippen molar-refractivity contribution in [3.8, 4) is 6.07 Å². The average molecular weight is 214 g/mol. The van der Waals surface area contributed by atoms with Crippen molar-refractivity contribution >= 4 is 24.8 Å². The number of unbranched alkanes of at least 4 members (excludes halogenated alkanes) is 1. The van der Waals surface area contributed by atoms with E-state index in [9.17, 15) is 0 Å². The summed E-state index contributed by atoms with van der Waals surface area (Å²) in [6.45, 7) is 2.65. The van der Waals surface area contributed by atoms with Crippen molar-refractivity contribution in [1.82, 2.24) is 5.32 Å². The molecule has 74 valence electrons. The van der Waals surface area contributed by atoms with E-state index in [0.29, 0.717) is 6.42 Å². The zero-order chi connectivity index (χ0) is 7.66. The van der Waals surface area contributed by atoms with Gasteiger partial charge in [-0.1, -0.05) is 0 Å². The Morgan fingerprint density at radius 3 is 2.25 bits per heavy atom. The van der Waals surface area contributed by atoms with Crippen LogP contribution in [0, 0.1) is 11.3 Å². The smallest absolute Gasteiger partial charge is 0.0622 e. The van der Waals surface area contributed by atoms with Gasteiger partial charge in [-0.3, -0.25) is 0 Å². The Morgan fingerprint density at radius 1 is 1.17 bits per heavy atom. The molecular formula is C7H17Cl2N3. The molecule has 0 aliphatic rings. The van der Waals surface area contributed by atoms with Crippen LogP contribution in [-0.4, -0.2) is 19.6 Å². The molecule has 0 aliphatic heterocycles. The van der Waals surface area contributed by atoms with Gasteiger partial charge < -0.3 is 11.1 Å². The largest absolute Gasteiger partial charge is 0.330 e. The summed E-state index contributed by atoms with van der Waals surface area (Å²) in [7, 11) is 0. The van der Waals surface area contributed by atoms with E-state index in [1.54, 1.807) is 0 Å². The summed E-state index contributed by atoms with van der Waals surface area (Å²) in [6.07, 6.45) is 2.61. The van der Waals surface area contributed by atoms with Crippen LogP contribution in [0.5, 0.6) is 0 Å². The zero-order valence-corrected chi connectivity index (χ0v) is 8.72. The molecular weight excluding hydrogens is 197 g/mol. The van der Waals surface area contributed by atoms with Gasteiger partial charge in [-0.2, -0.15) is 5.26 Å². The number of nitrogens with two attached hydrogens (primary N) is 1. The van der Waals surface area contributed by atoms with Crippen molar-refractivity contribution in [2.45, 2.75) is 19.3 Å². The number of nitrogens with one attached hydrogen (secondary N) is 1. The van der Waals surface area contributed by atoms with Gasteiger partial charge in [0.1, 0.15) is 0 Å². The number of hydrogen-bond acceptors (Lipinski definition) is 3. The molecule has 0 aromatic heterocycles. The van der Waals surface area contributed by atoms with E-state index in [0.717, 1.165) is 32.5 Å². The molecule has 0 aromatic carbocycles. The van der Waals surface area contributed by atoms with Crippen LogP contribution < -0.4 is 11.1 Å². The van der Waals surface area contributed by atoms with E-state index in [1.165, 1.54) is 0 Å². The minimum Gasteiger partial charge on any atom is -0.330 e. The van der Waals surface area contributed by atoms with Gasteiger partial charge in [0.2, 0.25) is 0 Å². The molecule has 0 spiro atoms. The molecule has 0 saturated carbocycles. The molecule has 3 nitrogen and oxygen atoms in total. The van der Waals surface area contributed by atoms with Gasteiger partial charge in [-0.05, 0) is 32.5 Å². The molecule has 0 heterocycles. The van der Waals surface area contributed by atoms with Crippen molar-refractivity contribution in [3.63, 3.8) is 0 Å². The quantitative estimate of drug-likeness (QED) is 0.650. The molecule has 0 fully saturated rings. The fourth-order valence-electron chi connectivity index (χ4n) is 0.645. The van der Waals surface area contributed by atoms with Gasteiger partial charge in [0.15, 0.2) is 0 Å². The predicted molar refractivity (Wildman–Crippen MR) is 55.9 cm³/mol. The topological polar surface area (TPSA) is 61.8 Å². The van der Waals surface area contributed by atoms with Gasteiger partial charge in [-0.15, -0.1) is 24.8 Å². The molecule has 0 atom stereocenters. The van der Waals surface area contributed by atoms with E-state index in [1.807, 2.05) is 0 Å². The van der Waals surface area contributed by atoms with E-state index in [-0.39, 0.29) is 24.8 Å². The summed E-state index contributed by atoms with van der Waals surface area (Å²) in [5.74, 6) is 0. The van der Waals surface area contributed by atoms with Crippen LogP contribution in [0.4, 0.5) is 0 Å². The third-order valence-corrected chi connectivity index (χ3v) is 1.20. The second-order valence-electron chi connectivity index (χ2n) is 2.15. The molecule has 0 unspecified atom stereocenters. The maximum Gasteiger partial charge on any atom is 0.0622 e. The molecule has 12 heavy (non-hydrogen) atoms. The van der Waals surface area contributed by atoms with Crippen LogP contribution in [0.15, 0.2) is 0 Å². The van der Waals surface area contributed by atoms with Gasteiger partial charge >= 0.3 is 0 Å². The first-order valence-corrected chi connectivity index (χ1v) is 3.69. The van der Waals surface area contributed by atoms with Crippen LogP contribution in [0.3, 0.4) is 0 Å². The van der Waals surface area contributed by atoms with Crippen LogP contribution in [0.25, 0.3) is 0 Å². The molecule has 3 N–H and O–H groups in total. The second kappa shape index (κ2) is 17.2. The van der Waals surface area contributed by atoms with E-state index in [4.69, 9.17) is 11.0 Å². The highest BCUT2D eigenvalue weighted by Gasteiger charge is 1.85. The summed E-state index contributed by atoms with van der Waals surface area (Å²) >= 11 is 0. The molecule has 5 heteroatoms. The van der Waals surface area contributed by atoms with Crippen LogP contribution in [0.1, 0.15) is 19.3 Å². The summed E-state index contributed by atoms with van der Waals surface area (Å²) in [5.41, 5.74) is 5.28. The maximum atomic E-state index is 8.17. The third-order valence-electron chi connectivity index (χ3n) is 1.20.